The highest BCUT2D eigenvalue weighted by atomic mass is 16.3. The van der Waals surface area contributed by atoms with Crippen LogP contribution in [0.3, 0.4) is 0 Å². The number of fused-ring (bicyclic) bond motifs is 4. The highest BCUT2D eigenvalue weighted by Gasteiger charge is 2.32. The Kier molecular flexibility index (Phi) is 2.58. The first-order valence-electron chi connectivity index (χ1n) is 7.39. The number of anilines is 2. The topological polar surface area (TPSA) is 84.8 Å². The number of nitrogens with one attached hydrogen (secondary N) is 2. The zero-order valence-electron chi connectivity index (χ0n) is 11.6. The summed E-state index contributed by atoms with van der Waals surface area (Å²) in [7, 11) is 0. The lowest BCUT2D eigenvalue weighted by atomic mass is 9.87. The lowest BCUT2D eigenvalue weighted by molar-refractivity contribution is 0.417. The van der Waals surface area contributed by atoms with Crippen molar-refractivity contribution in [3.05, 3.63) is 18.2 Å². The van der Waals surface area contributed by atoms with Crippen LogP contribution in [0.4, 0.5) is 11.4 Å². The van der Waals surface area contributed by atoms with Gasteiger partial charge in [-0.05, 0) is 25.0 Å². The first-order valence-corrected chi connectivity index (χ1v) is 7.39. The number of phenolic OH excluding ortho intramolecular Hbond substituents is 3. The van der Waals surface area contributed by atoms with Crippen molar-refractivity contribution in [2.45, 2.75) is 37.8 Å². The van der Waals surface area contributed by atoms with Crippen LogP contribution < -0.4 is 10.6 Å². The van der Waals surface area contributed by atoms with Crippen LogP contribution in [-0.2, 0) is 0 Å². The zero-order chi connectivity index (χ0) is 14.6. The van der Waals surface area contributed by atoms with Crippen molar-refractivity contribution in [1.82, 2.24) is 0 Å². The van der Waals surface area contributed by atoms with Gasteiger partial charge in [-0.3, -0.25) is 0 Å². The van der Waals surface area contributed by atoms with Gasteiger partial charge in [-0.2, -0.15) is 0 Å². The minimum atomic E-state index is -0.0318. The van der Waals surface area contributed by atoms with Gasteiger partial charge in [0.15, 0.2) is 0 Å². The monoisotopic (exact) mass is 286 g/mol. The highest BCUT2D eigenvalue weighted by Crippen LogP contribution is 2.48. The second-order valence-corrected chi connectivity index (χ2v) is 5.96. The Morgan fingerprint density at radius 1 is 0.810 bits per heavy atom. The third-order valence-corrected chi connectivity index (χ3v) is 4.65. The molecule has 4 rings (SSSR count). The Labute approximate surface area is 122 Å². The lowest BCUT2D eigenvalue weighted by Gasteiger charge is -2.39. The number of phenols is 3. The molecule has 2 unspecified atom stereocenters. The molecule has 0 bridgehead atoms. The van der Waals surface area contributed by atoms with E-state index in [-0.39, 0.29) is 22.6 Å². The van der Waals surface area contributed by atoms with E-state index in [4.69, 9.17) is 0 Å². The summed E-state index contributed by atoms with van der Waals surface area (Å²) in [6.45, 7) is 0. The summed E-state index contributed by atoms with van der Waals surface area (Å²) in [6, 6.07) is 5.13. The Morgan fingerprint density at radius 2 is 1.43 bits per heavy atom. The van der Waals surface area contributed by atoms with Crippen LogP contribution in [0.25, 0.3) is 10.8 Å². The maximum Gasteiger partial charge on any atom is 0.129 e. The number of rotatable bonds is 0. The molecule has 5 N–H and O–H groups in total. The summed E-state index contributed by atoms with van der Waals surface area (Å²) < 4.78 is 0. The number of aromatic hydroxyl groups is 3. The summed E-state index contributed by atoms with van der Waals surface area (Å²) in [6.07, 6.45) is 4.58. The average Bonchev–Trinajstić information content (AvgIpc) is 2.48. The third kappa shape index (κ3) is 1.77. The highest BCUT2D eigenvalue weighted by molar-refractivity contribution is 6.10. The van der Waals surface area contributed by atoms with Gasteiger partial charge < -0.3 is 26.0 Å². The smallest absolute Gasteiger partial charge is 0.129 e. The van der Waals surface area contributed by atoms with E-state index in [0.717, 1.165) is 24.2 Å². The van der Waals surface area contributed by atoms with E-state index >= 15 is 0 Å². The number of benzene rings is 2. The Hall–Kier alpha value is -2.30. The van der Waals surface area contributed by atoms with E-state index in [9.17, 15) is 15.3 Å². The van der Waals surface area contributed by atoms with Crippen molar-refractivity contribution in [3.63, 3.8) is 0 Å². The van der Waals surface area contributed by atoms with Gasteiger partial charge in [0.2, 0.25) is 0 Å². The molecule has 2 aromatic carbocycles. The van der Waals surface area contributed by atoms with Crippen molar-refractivity contribution in [3.8, 4) is 17.2 Å². The van der Waals surface area contributed by atoms with Crippen LogP contribution in [0.15, 0.2) is 18.2 Å². The van der Waals surface area contributed by atoms with Crippen LogP contribution >= 0.6 is 0 Å². The maximum absolute atomic E-state index is 10.2. The maximum atomic E-state index is 10.2. The van der Waals surface area contributed by atoms with Gasteiger partial charge in [-0.1, -0.05) is 12.8 Å². The molecule has 21 heavy (non-hydrogen) atoms. The summed E-state index contributed by atoms with van der Waals surface area (Å²) in [5.41, 5.74) is 1.54. The van der Waals surface area contributed by atoms with Crippen molar-refractivity contribution >= 4 is 22.1 Å². The van der Waals surface area contributed by atoms with Crippen molar-refractivity contribution in [2.24, 2.45) is 0 Å². The normalized spacial score (nSPS) is 23.8. The molecule has 2 aromatic rings. The largest absolute Gasteiger partial charge is 0.507 e. The predicted octanol–water partition coefficient (Wildman–Crippen LogP) is 3.11. The third-order valence-electron chi connectivity index (χ3n) is 4.65. The van der Waals surface area contributed by atoms with Crippen LogP contribution in [0.1, 0.15) is 25.7 Å². The second kappa shape index (κ2) is 4.35. The molecule has 1 saturated carbocycles. The molecule has 0 amide bonds. The fraction of sp³-hybridized carbons (Fsp3) is 0.375. The number of hydrogen-bond acceptors (Lipinski definition) is 5. The molecule has 1 fully saturated rings. The first kappa shape index (κ1) is 12.4. The number of hydrogen-bond donors (Lipinski definition) is 5. The van der Waals surface area contributed by atoms with Gasteiger partial charge in [-0.15, -0.1) is 0 Å². The van der Waals surface area contributed by atoms with Crippen LogP contribution in [0, 0.1) is 0 Å². The Bertz CT molecular complexity index is 729. The van der Waals surface area contributed by atoms with Gasteiger partial charge >= 0.3 is 0 Å². The molecule has 0 radical (unpaired) electrons. The summed E-state index contributed by atoms with van der Waals surface area (Å²) >= 11 is 0. The molecule has 1 heterocycles. The van der Waals surface area contributed by atoms with E-state index in [0.29, 0.717) is 17.5 Å². The summed E-state index contributed by atoms with van der Waals surface area (Å²) in [4.78, 5) is 0. The minimum absolute atomic E-state index is 0.0271. The van der Waals surface area contributed by atoms with Crippen LogP contribution in [0.2, 0.25) is 0 Å². The van der Waals surface area contributed by atoms with Gasteiger partial charge in [0.05, 0.1) is 22.1 Å². The molecule has 5 nitrogen and oxygen atoms in total. The predicted molar refractivity (Wildman–Crippen MR) is 82.2 cm³/mol. The molecule has 2 atom stereocenters. The van der Waals surface area contributed by atoms with E-state index in [1.165, 1.54) is 25.0 Å². The van der Waals surface area contributed by atoms with Crippen molar-refractivity contribution < 1.29 is 15.3 Å². The standard InChI is InChI=1S/C16H18N2O3/c19-11-5-6-12(20)15-14(11)13(21)7-10-16(15)18-9-4-2-1-3-8(9)17-10/h5-9,17-21H,1-4H2. The summed E-state index contributed by atoms with van der Waals surface area (Å²) in [5.74, 6) is -0.00473. The minimum Gasteiger partial charge on any atom is -0.507 e. The quantitative estimate of drug-likeness (QED) is 0.481. The van der Waals surface area contributed by atoms with E-state index in [1.807, 2.05) is 0 Å². The first-order chi connectivity index (χ1) is 10.1. The molecule has 0 saturated heterocycles. The zero-order valence-corrected chi connectivity index (χ0v) is 11.6. The average molecular weight is 286 g/mol. The lowest BCUT2D eigenvalue weighted by Crippen LogP contribution is -2.45. The molecule has 1 aliphatic carbocycles. The second-order valence-electron chi connectivity index (χ2n) is 5.96. The van der Waals surface area contributed by atoms with Gasteiger partial charge in [0.25, 0.3) is 0 Å². The summed E-state index contributed by atoms with van der Waals surface area (Å²) in [5, 5.41) is 38.1. The molecule has 5 heteroatoms. The van der Waals surface area contributed by atoms with Crippen molar-refractivity contribution in [1.29, 1.82) is 0 Å². The Balaban J connectivity index is 1.96. The molecular weight excluding hydrogens is 268 g/mol. The van der Waals surface area contributed by atoms with Crippen LogP contribution in [0.5, 0.6) is 17.2 Å². The van der Waals surface area contributed by atoms with Crippen LogP contribution in [-0.4, -0.2) is 27.4 Å². The van der Waals surface area contributed by atoms with E-state index in [1.54, 1.807) is 6.07 Å². The van der Waals surface area contributed by atoms with E-state index in [2.05, 4.69) is 10.6 Å². The fourth-order valence-corrected chi connectivity index (χ4v) is 3.63. The van der Waals surface area contributed by atoms with Crippen molar-refractivity contribution in [2.75, 3.05) is 10.6 Å². The Morgan fingerprint density at radius 3 is 2.14 bits per heavy atom. The molecule has 0 aromatic heterocycles. The van der Waals surface area contributed by atoms with E-state index < -0.39 is 0 Å². The van der Waals surface area contributed by atoms with Gasteiger partial charge in [0, 0.05) is 18.2 Å². The van der Waals surface area contributed by atoms with Gasteiger partial charge in [0.1, 0.15) is 17.2 Å². The molecule has 110 valence electrons. The molecule has 1 aliphatic heterocycles. The SMILES string of the molecule is Oc1ccc(O)c2c3c(cc(O)c12)NC1CCCCC1N3. The molecular formula is C16H18N2O3. The molecule has 0 spiro atoms. The van der Waals surface area contributed by atoms with Gasteiger partial charge in [-0.25, -0.2) is 0 Å². The molecule has 2 aliphatic rings. The fourth-order valence-electron chi connectivity index (χ4n) is 3.63.